The molecular weight excluding hydrogens is 276 g/mol. The summed E-state index contributed by atoms with van der Waals surface area (Å²) in [6, 6.07) is 8.18. The zero-order chi connectivity index (χ0) is 13.9. The molecule has 1 aromatic carbocycles. The van der Waals surface area contributed by atoms with Gasteiger partial charge in [0.1, 0.15) is 12.4 Å². The fourth-order valence-corrected chi connectivity index (χ4v) is 3.17. The molecular formula is C13H16N4O2S. The van der Waals surface area contributed by atoms with E-state index in [4.69, 9.17) is 9.47 Å². The lowest BCUT2D eigenvalue weighted by molar-refractivity contribution is 0.174. The van der Waals surface area contributed by atoms with Gasteiger partial charge >= 0.3 is 0 Å². The van der Waals surface area contributed by atoms with Gasteiger partial charge in [0.05, 0.1) is 13.2 Å². The zero-order valence-corrected chi connectivity index (χ0v) is 12.2. The minimum Gasteiger partial charge on any atom is -0.496 e. The first kappa shape index (κ1) is 13.3. The average Bonchev–Trinajstić information content (AvgIpc) is 2.90. The largest absolute Gasteiger partial charge is 0.496 e. The molecule has 1 aromatic heterocycles. The van der Waals surface area contributed by atoms with Gasteiger partial charge in [-0.25, -0.2) is 4.68 Å². The van der Waals surface area contributed by atoms with E-state index in [0.29, 0.717) is 6.61 Å². The standard InChI is InChI=1S/C13H16N4O2S/c1-18-7-12-14-15-13-17(12)16-10(8-20-13)9-5-3-4-6-11(9)19-2/h3-6,10,16H,7-8H2,1-2H3. The fraction of sp³-hybridized carbons (Fsp3) is 0.385. The molecule has 1 atom stereocenters. The van der Waals surface area contributed by atoms with Gasteiger partial charge in [0, 0.05) is 18.4 Å². The van der Waals surface area contributed by atoms with Crippen LogP contribution in [0.3, 0.4) is 0 Å². The summed E-state index contributed by atoms with van der Waals surface area (Å²) in [5.74, 6) is 2.54. The lowest BCUT2D eigenvalue weighted by Gasteiger charge is -2.27. The molecule has 0 saturated heterocycles. The maximum Gasteiger partial charge on any atom is 0.210 e. The summed E-state index contributed by atoms with van der Waals surface area (Å²) in [4.78, 5) is 0. The van der Waals surface area contributed by atoms with Crippen LogP contribution in [-0.4, -0.2) is 34.8 Å². The van der Waals surface area contributed by atoms with Crippen LogP contribution < -0.4 is 10.2 Å². The molecule has 106 valence electrons. The van der Waals surface area contributed by atoms with Crippen LogP contribution in [0.15, 0.2) is 29.4 Å². The van der Waals surface area contributed by atoms with Crippen molar-refractivity contribution in [3.63, 3.8) is 0 Å². The third kappa shape index (κ3) is 2.34. The molecule has 2 heterocycles. The molecule has 0 amide bonds. The SMILES string of the molecule is COCc1nnc2n1NC(c1ccccc1OC)CS2. The normalized spacial score (nSPS) is 17.4. The van der Waals surface area contributed by atoms with Crippen molar-refractivity contribution in [3.8, 4) is 5.75 Å². The molecule has 0 fully saturated rings. The summed E-state index contributed by atoms with van der Waals surface area (Å²) in [6.07, 6.45) is 0. The second-order valence-electron chi connectivity index (χ2n) is 4.40. The summed E-state index contributed by atoms with van der Waals surface area (Å²) in [5, 5.41) is 9.14. The summed E-state index contributed by atoms with van der Waals surface area (Å²) >= 11 is 1.67. The van der Waals surface area contributed by atoms with Gasteiger partial charge in [0.25, 0.3) is 0 Å². The minimum atomic E-state index is 0.148. The Balaban J connectivity index is 1.89. The van der Waals surface area contributed by atoms with E-state index < -0.39 is 0 Å². The monoisotopic (exact) mass is 292 g/mol. The quantitative estimate of drug-likeness (QED) is 0.927. The lowest BCUT2D eigenvalue weighted by atomic mass is 10.1. The van der Waals surface area contributed by atoms with Crippen LogP contribution in [0, 0.1) is 0 Å². The van der Waals surface area contributed by atoms with E-state index in [9.17, 15) is 0 Å². The van der Waals surface area contributed by atoms with Crippen LogP contribution in [-0.2, 0) is 11.3 Å². The van der Waals surface area contributed by atoms with Gasteiger partial charge in [-0.2, -0.15) is 0 Å². The predicted molar refractivity (Wildman–Crippen MR) is 76.6 cm³/mol. The molecule has 3 rings (SSSR count). The van der Waals surface area contributed by atoms with E-state index in [1.165, 1.54) is 0 Å². The van der Waals surface area contributed by atoms with Crippen molar-refractivity contribution in [3.05, 3.63) is 35.7 Å². The molecule has 1 N–H and O–H groups in total. The minimum absolute atomic E-state index is 0.148. The van der Waals surface area contributed by atoms with Crippen LogP contribution in [0.25, 0.3) is 0 Å². The van der Waals surface area contributed by atoms with Gasteiger partial charge in [0.15, 0.2) is 5.82 Å². The van der Waals surface area contributed by atoms with E-state index in [-0.39, 0.29) is 6.04 Å². The third-order valence-electron chi connectivity index (χ3n) is 3.15. The number of hydrogen-bond donors (Lipinski definition) is 1. The Labute approximate surface area is 121 Å². The second-order valence-corrected chi connectivity index (χ2v) is 5.39. The molecule has 7 heteroatoms. The molecule has 1 aliphatic heterocycles. The third-order valence-corrected chi connectivity index (χ3v) is 4.17. The van der Waals surface area contributed by atoms with Crippen molar-refractivity contribution in [2.24, 2.45) is 0 Å². The Hall–Kier alpha value is -1.73. The van der Waals surface area contributed by atoms with Gasteiger partial charge in [0.2, 0.25) is 5.16 Å². The Morgan fingerprint density at radius 1 is 1.35 bits per heavy atom. The number of methoxy groups -OCH3 is 2. The summed E-state index contributed by atoms with van der Waals surface area (Å²) in [7, 11) is 3.34. The molecule has 20 heavy (non-hydrogen) atoms. The number of ether oxygens (including phenoxy) is 2. The zero-order valence-electron chi connectivity index (χ0n) is 11.4. The van der Waals surface area contributed by atoms with Crippen molar-refractivity contribution < 1.29 is 9.47 Å². The van der Waals surface area contributed by atoms with Crippen LogP contribution in [0.2, 0.25) is 0 Å². The highest BCUT2D eigenvalue weighted by Crippen LogP contribution is 2.33. The van der Waals surface area contributed by atoms with E-state index >= 15 is 0 Å². The van der Waals surface area contributed by atoms with E-state index in [1.807, 2.05) is 22.9 Å². The first-order chi connectivity index (χ1) is 9.83. The number of rotatable bonds is 4. The smallest absolute Gasteiger partial charge is 0.210 e. The van der Waals surface area contributed by atoms with Crippen molar-refractivity contribution >= 4 is 11.8 Å². The summed E-state index contributed by atoms with van der Waals surface area (Å²) in [6.45, 7) is 0.430. The molecule has 6 nitrogen and oxygen atoms in total. The Morgan fingerprint density at radius 2 is 2.20 bits per heavy atom. The summed E-state index contributed by atoms with van der Waals surface area (Å²) in [5.41, 5.74) is 4.56. The number of nitrogens with one attached hydrogen (secondary N) is 1. The predicted octanol–water partition coefficient (Wildman–Crippen LogP) is 1.82. The molecule has 0 bridgehead atoms. The highest BCUT2D eigenvalue weighted by molar-refractivity contribution is 7.99. The van der Waals surface area contributed by atoms with Gasteiger partial charge in [-0.05, 0) is 6.07 Å². The first-order valence-electron chi connectivity index (χ1n) is 6.29. The lowest BCUT2D eigenvalue weighted by Crippen LogP contribution is -2.29. The number of hydrogen-bond acceptors (Lipinski definition) is 6. The second kappa shape index (κ2) is 5.72. The molecule has 0 saturated carbocycles. The van der Waals surface area contributed by atoms with Crippen LogP contribution >= 0.6 is 11.8 Å². The molecule has 0 aliphatic carbocycles. The molecule has 1 unspecified atom stereocenters. The number of nitrogens with zero attached hydrogens (tertiary/aromatic N) is 3. The molecule has 0 radical (unpaired) electrons. The highest BCUT2D eigenvalue weighted by Gasteiger charge is 2.25. The number of benzene rings is 1. The van der Waals surface area contributed by atoms with Crippen LogP contribution in [0.5, 0.6) is 5.75 Å². The average molecular weight is 292 g/mol. The van der Waals surface area contributed by atoms with E-state index in [2.05, 4.69) is 21.7 Å². The fourth-order valence-electron chi connectivity index (χ4n) is 2.21. The highest BCUT2D eigenvalue weighted by atomic mass is 32.2. The van der Waals surface area contributed by atoms with Crippen LogP contribution in [0.4, 0.5) is 0 Å². The van der Waals surface area contributed by atoms with Crippen molar-refractivity contribution in [2.45, 2.75) is 17.8 Å². The maximum absolute atomic E-state index is 5.43. The molecule has 0 spiro atoms. The number of thioether (sulfide) groups is 1. The van der Waals surface area contributed by atoms with Crippen molar-refractivity contribution in [1.82, 2.24) is 14.9 Å². The van der Waals surface area contributed by atoms with Crippen molar-refractivity contribution in [2.75, 3.05) is 25.4 Å². The number of aromatic nitrogens is 3. The van der Waals surface area contributed by atoms with Crippen molar-refractivity contribution in [1.29, 1.82) is 0 Å². The maximum atomic E-state index is 5.43. The van der Waals surface area contributed by atoms with Gasteiger partial charge in [-0.1, -0.05) is 30.0 Å². The Kier molecular flexibility index (Phi) is 3.79. The van der Waals surface area contributed by atoms with Gasteiger partial charge in [-0.3, -0.25) is 0 Å². The molecule has 1 aliphatic rings. The Morgan fingerprint density at radius 3 is 3.00 bits per heavy atom. The topological polar surface area (TPSA) is 61.2 Å². The van der Waals surface area contributed by atoms with Crippen LogP contribution in [0.1, 0.15) is 17.4 Å². The van der Waals surface area contributed by atoms with E-state index in [1.54, 1.807) is 26.0 Å². The number of para-hydroxylation sites is 1. The van der Waals surface area contributed by atoms with E-state index in [0.717, 1.165) is 28.0 Å². The first-order valence-corrected chi connectivity index (χ1v) is 7.27. The van der Waals surface area contributed by atoms with Gasteiger partial charge < -0.3 is 14.9 Å². The summed E-state index contributed by atoms with van der Waals surface area (Å²) < 4.78 is 12.5. The molecule has 2 aromatic rings. The number of fused-ring (bicyclic) bond motifs is 1. The van der Waals surface area contributed by atoms with Gasteiger partial charge in [-0.15, -0.1) is 10.2 Å². The Bertz CT molecular complexity index is 602.